The van der Waals surface area contributed by atoms with Crippen LogP contribution in [0.25, 0.3) is 21.9 Å². The minimum Gasteiger partial charge on any atom is -0.355 e. The van der Waals surface area contributed by atoms with E-state index >= 15 is 0 Å². The highest BCUT2D eigenvalue weighted by Crippen LogP contribution is 2.25. The van der Waals surface area contributed by atoms with Crippen LogP contribution in [0, 0.1) is 0 Å². The number of carbonyl (C=O) groups excluding carboxylic acids is 1. The largest absolute Gasteiger partial charge is 0.355 e. The summed E-state index contributed by atoms with van der Waals surface area (Å²) in [6.45, 7) is 1.05. The van der Waals surface area contributed by atoms with E-state index in [1.165, 1.54) is 0 Å². The van der Waals surface area contributed by atoms with Gasteiger partial charge in [0.1, 0.15) is 0 Å². The predicted octanol–water partition coefficient (Wildman–Crippen LogP) is 3.76. The van der Waals surface area contributed by atoms with Crippen molar-refractivity contribution in [1.82, 2.24) is 20.3 Å². The van der Waals surface area contributed by atoms with Crippen LogP contribution in [-0.2, 0) is 6.54 Å². The average Bonchev–Trinajstić information content (AvgIpc) is 3.42. The second-order valence-electron chi connectivity index (χ2n) is 5.29. The zero-order chi connectivity index (χ0) is 17.1. The van der Waals surface area contributed by atoms with Gasteiger partial charge in [0.05, 0.1) is 17.1 Å². The van der Waals surface area contributed by atoms with Gasteiger partial charge >= 0.3 is 0 Å². The van der Waals surface area contributed by atoms with Crippen molar-refractivity contribution < 1.29 is 9.32 Å². The number of rotatable bonds is 6. The van der Waals surface area contributed by atoms with Crippen molar-refractivity contribution in [2.75, 3.05) is 6.54 Å². The molecule has 6 nitrogen and oxygen atoms in total. The molecule has 8 heteroatoms. The predicted molar refractivity (Wildman–Crippen MR) is 97.7 cm³/mol. The van der Waals surface area contributed by atoms with E-state index in [0.29, 0.717) is 18.8 Å². The maximum atomic E-state index is 12.2. The first-order chi connectivity index (χ1) is 12.3. The van der Waals surface area contributed by atoms with Crippen LogP contribution in [-0.4, -0.2) is 27.4 Å². The molecule has 1 N–H and O–H groups in total. The Bertz CT molecular complexity index is 955. The van der Waals surface area contributed by atoms with Crippen molar-refractivity contribution in [1.29, 1.82) is 0 Å². The standard InChI is InChI=1S/C17H14N4O2S2/c22-17(14-10-15(23-20-14)16-2-1-8-25-16)18-5-7-21-6-3-13(19-21)12-4-9-24-11-12/h1-4,6,8-11H,5,7H2,(H,18,22). The van der Waals surface area contributed by atoms with Crippen LogP contribution >= 0.6 is 22.7 Å². The number of aromatic nitrogens is 3. The summed E-state index contributed by atoms with van der Waals surface area (Å²) in [4.78, 5) is 13.1. The van der Waals surface area contributed by atoms with E-state index in [4.69, 9.17) is 4.52 Å². The first kappa shape index (κ1) is 15.8. The molecular formula is C17H14N4O2S2. The van der Waals surface area contributed by atoms with Crippen LogP contribution in [0.15, 0.2) is 57.2 Å². The second kappa shape index (κ2) is 7.04. The van der Waals surface area contributed by atoms with Crippen molar-refractivity contribution in [2.24, 2.45) is 0 Å². The summed E-state index contributed by atoms with van der Waals surface area (Å²) in [7, 11) is 0. The monoisotopic (exact) mass is 370 g/mol. The normalized spacial score (nSPS) is 10.9. The Morgan fingerprint density at radius 2 is 2.24 bits per heavy atom. The number of nitrogens with zero attached hydrogens (tertiary/aromatic N) is 3. The molecule has 1 amide bonds. The van der Waals surface area contributed by atoms with Crippen LogP contribution in [0.3, 0.4) is 0 Å². The molecule has 0 spiro atoms. The summed E-state index contributed by atoms with van der Waals surface area (Å²) in [5, 5.41) is 17.2. The van der Waals surface area contributed by atoms with Crippen molar-refractivity contribution in [3.8, 4) is 21.9 Å². The molecule has 0 aliphatic carbocycles. The maximum absolute atomic E-state index is 12.2. The molecule has 0 saturated carbocycles. The van der Waals surface area contributed by atoms with E-state index in [1.807, 2.05) is 45.9 Å². The minimum absolute atomic E-state index is 0.253. The van der Waals surface area contributed by atoms with Gasteiger partial charge in [-0.3, -0.25) is 9.48 Å². The highest BCUT2D eigenvalue weighted by Gasteiger charge is 2.13. The molecule has 4 heterocycles. The smallest absolute Gasteiger partial charge is 0.273 e. The van der Waals surface area contributed by atoms with Gasteiger partial charge < -0.3 is 9.84 Å². The molecule has 0 aromatic carbocycles. The lowest BCUT2D eigenvalue weighted by molar-refractivity contribution is 0.0943. The fraction of sp³-hybridized carbons (Fsp3) is 0.118. The van der Waals surface area contributed by atoms with E-state index in [-0.39, 0.29) is 11.6 Å². The van der Waals surface area contributed by atoms with Crippen LogP contribution in [0.2, 0.25) is 0 Å². The molecule has 0 aliphatic heterocycles. The zero-order valence-corrected chi connectivity index (χ0v) is 14.7. The molecule has 0 aliphatic rings. The summed E-state index contributed by atoms with van der Waals surface area (Å²) < 4.78 is 7.04. The molecule has 0 bridgehead atoms. The first-order valence-corrected chi connectivity index (χ1v) is 9.47. The van der Waals surface area contributed by atoms with Crippen LogP contribution in [0.4, 0.5) is 0 Å². The molecule has 4 aromatic heterocycles. The number of thiophene rings is 2. The highest BCUT2D eigenvalue weighted by atomic mass is 32.1. The Morgan fingerprint density at radius 3 is 3.04 bits per heavy atom. The van der Waals surface area contributed by atoms with E-state index < -0.39 is 0 Å². The average molecular weight is 370 g/mol. The van der Waals surface area contributed by atoms with Gasteiger partial charge in [0, 0.05) is 29.8 Å². The van der Waals surface area contributed by atoms with Gasteiger partial charge in [-0.25, -0.2) is 0 Å². The second-order valence-corrected chi connectivity index (χ2v) is 7.01. The summed E-state index contributed by atoms with van der Waals surface area (Å²) in [6, 6.07) is 9.51. The molecule has 25 heavy (non-hydrogen) atoms. The quantitative estimate of drug-likeness (QED) is 0.561. The molecule has 0 atom stereocenters. The summed E-state index contributed by atoms with van der Waals surface area (Å²) in [5.41, 5.74) is 2.32. The maximum Gasteiger partial charge on any atom is 0.273 e. The summed E-state index contributed by atoms with van der Waals surface area (Å²) in [5.74, 6) is 0.351. The van der Waals surface area contributed by atoms with Gasteiger partial charge in [0.2, 0.25) is 0 Å². The van der Waals surface area contributed by atoms with Crippen LogP contribution in [0.5, 0.6) is 0 Å². The van der Waals surface area contributed by atoms with E-state index in [1.54, 1.807) is 28.7 Å². The molecule has 4 aromatic rings. The number of amides is 1. The first-order valence-electron chi connectivity index (χ1n) is 7.64. The third kappa shape index (κ3) is 3.54. The summed E-state index contributed by atoms with van der Waals surface area (Å²) >= 11 is 3.18. The van der Waals surface area contributed by atoms with Crippen LogP contribution < -0.4 is 5.32 Å². The lowest BCUT2D eigenvalue weighted by atomic mass is 10.2. The van der Waals surface area contributed by atoms with Gasteiger partial charge in [-0.1, -0.05) is 11.2 Å². The van der Waals surface area contributed by atoms with Crippen molar-refractivity contribution in [3.63, 3.8) is 0 Å². The Morgan fingerprint density at radius 1 is 1.28 bits per heavy atom. The third-order valence-corrected chi connectivity index (χ3v) is 5.16. The van der Waals surface area contributed by atoms with Gasteiger partial charge in [-0.05, 0) is 29.0 Å². The number of hydrogen-bond donors (Lipinski definition) is 1. The molecule has 126 valence electrons. The molecule has 0 saturated heterocycles. The van der Waals surface area contributed by atoms with E-state index in [9.17, 15) is 4.79 Å². The minimum atomic E-state index is -0.253. The molecular weight excluding hydrogens is 356 g/mol. The van der Waals surface area contributed by atoms with Crippen molar-refractivity contribution in [3.05, 3.63) is 58.4 Å². The molecule has 0 unspecified atom stereocenters. The van der Waals surface area contributed by atoms with Crippen molar-refractivity contribution in [2.45, 2.75) is 6.54 Å². The summed E-state index contributed by atoms with van der Waals surface area (Å²) in [6.07, 6.45) is 1.91. The third-order valence-electron chi connectivity index (χ3n) is 3.59. The van der Waals surface area contributed by atoms with E-state index in [2.05, 4.69) is 21.0 Å². The van der Waals surface area contributed by atoms with Crippen LogP contribution in [0.1, 0.15) is 10.5 Å². The topological polar surface area (TPSA) is 73.0 Å². The van der Waals surface area contributed by atoms with Gasteiger partial charge in [0.15, 0.2) is 11.5 Å². The number of nitrogens with one attached hydrogen (secondary N) is 1. The van der Waals surface area contributed by atoms with Gasteiger partial charge in [-0.15, -0.1) is 11.3 Å². The number of hydrogen-bond acceptors (Lipinski definition) is 6. The lowest BCUT2D eigenvalue weighted by Crippen LogP contribution is -2.27. The fourth-order valence-electron chi connectivity index (χ4n) is 2.34. The van der Waals surface area contributed by atoms with E-state index in [0.717, 1.165) is 16.1 Å². The zero-order valence-electron chi connectivity index (χ0n) is 13.1. The molecule has 0 fully saturated rings. The lowest BCUT2D eigenvalue weighted by Gasteiger charge is -2.03. The Kier molecular flexibility index (Phi) is 4.45. The van der Waals surface area contributed by atoms with Gasteiger partial charge in [-0.2, -0.15) is 16.4 Å². The SMILES string of the molecule is O=C(NCCn1ccc(-c2ccsc2)n1)c1cc(-c2cccs2)on1. The Labute approximate surface area is 151 Å². The Balaban J connectivity index is 1.32. The Hall–Kier alpha value is -2.71. The number of carbonyl (C=O) groups is 1. The highest BCUT2D eigenvalue weighted by molar-refractivity contribution is 7.13. The molecule has 4 rings (SSSR count). The van der Waals surface area contributed by atoms with Gasteiger partial charge in [0.25, 0.3) is 5.91 Å². The fourth-order valence-corrected chi connectivity index (χ4v) is 3.66. The molecule has 0 radical (unpaired) electrons. The van der Waals surface area contributed by atoms with Crippen molar-refractivity contribution >= 4 is 28.6 Å².